The van der Waals surface area contributed by atoms with Crippen LogP contribution in [0, 0.1) is 0 Å². The summed E-state index contributed by atoms with van der Waals surface area (Å²) in [4.78, 5) is 23.3. The maximum Gasteiger partial charge on any atom is 0.316 e. The molecular weight excluding hydrogens is 206 g/mol. The average molecular weight is 221 g/mol. The number of pyridine rings is 1. The molecule has 1 saturated carbocycles. The second-order valence-corrected chi connectivity index (χ2v) is 4.29. The van der Waals surface area contributed by atoms with E-state index >= 15 is 0 Å². The number of aromatic nitrogens is 1. The maximum atomic E-state index is 11.8. The Hall–Kier alpha value is -1.58. The standard InChI is InChI=1S/C12H15NO3/c1-13-7-4-9(8-10(13)14)12(5-3-6-12)11(15)16-2/h4,7-8H,3,5-6H2,1-2H3. The molecule has 4 nitrogen and oxygen atoms in total. The summed E-state index contributed by atoms with van der Waals surface area (Å²) in [6, 6.07) is 3.37. The number of aryl methyl sites for hydroxylation is 1. The molecule has 0 atom stereocenters. The summed E-state index contributed by atoms with van der Waals surface area (Å²) >= 11 is 0. The van der Waals surface area contributed by atoms with Gasteiger partial charge in [-0.25, -0.2) is 0 Å². The molecule has 1 aliphatic rings. The number of carbonyl (C=O) groups is 1. The molecule has 1 fully saturated rings. The zero-order valence-electron chi connectivity index (χ0n) is 9.53. The first-order chi connectivity index (χ1) is 7.60. The highest BCUT2D eigenvalue weighted by molar-refractivity contribution is 5.84. The number of esters is 1. The second kappa shape index (κ2) is 3.77. The van der Waals surface area contributed by atoms with Crippen LogP contribution in [0.1, 0.15) is 24.8 Å². The third-order valence-electron chi connectivity index (χ3n) is 3.44. The van der Waals surface area contributed by atoms with Gasteiger partial charge < -0.3 is 9.30 Å². The quantitative estimate of drug-likeness (QED) is 0.699. The van der Waals surface area contributed by atoms with E-state index in [1.165, 1.54) is 17.7 Å². The molecular formula is C12H15NO3. The van der Waals surface area contributed by atoms with E-state index in [1.807, 2.05) is 6.07 Å². The summed E-state index contributed by atoms with van der Waals surface area (Å²) in [5, 5.41) is 0. The maximum absolute atomic E-state index is 11.8. The van der Waals surface area contributed by atoms with Crippen molar-refractivity contribution >= 4 is 5.97 Å². The van der Waals surface area contributed by atoms with E-state index in [4.69, 9.17) is 4.74 Å². The molecule has 1 heterocycles. The smallest absolute Gasteiger partial charge is 0.316 e. The molecule has 0 amide bonds. The Kier molecular flexibility index (Phi) is 2.58. The van der Waals surface area contributed by atoms with Crippen LogP contribution >= 0.6 is 0 Å². The Morgan fingerprint density at radius 2 is 2.19 bits per heavy atom. The van der Waals surface area contributed by atoms with E-state index in [0.717, 1.165) is 24.8 Å². The minimum atomic E-state index is -0.567. The van der Waals surface area contributed by atoms with Gasteiger partial charge in [-0.2, -0.15) is 0 Å². The monoisotopic (exact) mass is 221 g/mol. The van der Waals surface area contributed by atoms with Gasteiger partial charge in [0.05, 0.1) is 12.5 Å². The van der Waals surface area contributed by atoms with Gasteiger partial charge in [-0.15, -0.1) is 0 Å². The van der Waals surface area contributed by atoms with Crippen molar-refractivity contribution in [1.29, 1.82) is 0 Å². The van der Waals surface area contributed by atoms with E-state index in [2.05, 4.69) is 0 Å². The number of hydrogen-bond donors (Lipinski definition) is 0. The van der Waals surface area contributed by atoms with Crippen molar-refractivity contribution in [1.82, 2.24) is 4.57 Å². The minimum absolute atomic E-state index is 0.0901. The summed E-state index contributed by atoms with van der Waals surface area (Å²) in [6.07, 6.45) is 4.24. The molecule has 0 bridgehead atoms. The van der Waals surface area contributed by atoms with Crippen LogP contribution in [0.2, 0.25) is 0 Å². The molecule has 0 N–H and O–H groups in total. The van der Waals surface area contributed by atoms with E-state index in [1.54, 1.807) is 13.2 Å². The first kappa shape index (κ1) is 10.9. The molecule has 1 aromatic heterocycles. The number of ether oxygens (including phenoxy) is 1. The predicted octanol–water partition coefficient (Wildman–Crippen LogP) is 0.980. The number of hydrogen-bond acceptors (Lipinski definition) is 3. The lowest BCUT2D eigenvalue weighted by Gasteiger charge is -2.39. The molecule has 86 valence electrons. The highest BCUT2D eigenvalue weighted by atomic mass is 16.5. The fourth-order valence-electron chi connectivity index (χ4n) is 2.18. The van der Waals surface area contributed by atoms with Gasteiger partial charge in [0.2, 0.25) is 0 Å². The predicted molar refractivity (Wildman–Crippen MR) is 59.2 cm³/mol. The summed E-state index contributed by atoms with van der Waals surface area (Å²) in [5.74, 6) is -0.230. The van der Waals surface area contributed by atoms with Crippen LogP contribution in [0.3, 0.4) is 0 Å². The van der Waals surface area contributed by atoms with Crippen molar-refractivity contribution in [3.63, 3.8) is 0 Å². The third kappa shape index (κ3) is 1.45. The lowest BCUT2D eigenvalue weighted by atomic mass is 9.64. The normalized spacial score (nSPS) is 17.6. The summed E-state index contributed by atoms with van der Waals surface area (Å²) in [6.45, 7) is 0. The molecule has 2 rings (SSSR count). The fraction of sp³-hybridized carbons (Fsp3) is 0.500. The number of rotatable bonds is 2. The summed E-state index contributed by atoms with van der Waals surface area (Å²) < 4.78 is 6.33. The van der Waals surface area contributed by atoms with Gasteiger partial charge in [-0.05, 0) is 24.5 Å². The first-order valence-corrected chi connectivity index (χ1v) is 5.36. The molecule has 4 heteroatoms. The van der Waals surface area contributed by atoms with Gasteiger partial charge in [0.25, 0.3) is 5.56 Å². The highest BCUT2D eigenvalue weighted by Crippen LogP contribution is 2.44. The van der Waals surface area contributed by atoms with E-state index < -0.39 is 5.41 Å². The van der Waals surface area contributed by atoms with Crippen LogP contribution in [-0.2, 0) is 22.0 Å². The lowest BCUT2D eigenvalue weighted by Crippen LogP contribution is -2.44. The van der Waals surface area contributed by atoms with Gasteiger partial charge in [0, 0.05) is 19.3 Å². The number of carbonyl (C=O) groups excluding carboxylic acids is 1. The van der Waals surface area contributed by atoms with Crippen LogP contribution in [0.4, 0.5) is 0 Å². The largest absolute Gasteiger partial charge is 0.468 e. The van der Waals surface area contributed by atoms with E-state index in [9.17, 15) is 9.59 Å². The van der Waals surface area contributed by atoms with E-state index in [0.29, 0.717) is 0 Å². The van der Waals surface area contributed by atoms with Crippen molar-refractivity contribution in [3.8, 4) is 0 Å². The van der Waals surface area contributed by atoms with Crippen molar-refractivity contribution in [2.45, 2.75) is 24.7 Å². The van der Waals surface area contributed by atoms with Crippen LogP contribution in [0.15, 0.2) is 23.1 Å². The molecule has 0 spiro atoms. The van der Waals surface area contributed by atoms with Crippen molar-refractivity contribution in [2.75, 3.05) is 7.11 Å². The minimum Gasteiger partial charge on any atom is -0.468 e. The SMILES string of the molecule is COC(=O)C1(c2ccn(C)c(=O)c2)CCC1. The molecule has 0 unspecified atom stereocenters. The Morgan fingerprint density at radius 1 is 1.50 bits per heavy atom. The van der Waals surface area contributed by atoms with Gasteiger partial charge in [-0.1, -0.05) is 6.42 Å². The zero-order chi connectivity index (χ0) is 11.8. The lowest BCUT2D eigenvalue weighted by molar-refractivity contribution is -0.151. The van der Waals surface area contributed by atoms with Gasteiger partial charge >= 0.3 is 5.97 Å². The van der Waals surface area contributed by atoms with Crippen LogP contribution < -0.4 is 5.56 Å². The topological polar surface area (TPSA) is 48.3 Å². The van der Waals surface area contributed by atoms with Crippen molar-refractivity contribution < 1.29 is 9.53 Å². The number of nitrogens with zero attached hydrogens (tertiary/aromatic N) is 1. The first-order valence-electron chi connectivity index (χ1n) is 5.36. The van der Waals surface area contributed by atoms with Gasteiger partial charge in [0.1, 0.15) is 0 Å². The Balaban J connectivity index is 2.45. The molecule has 0 saturated heterocycles. The van der Waals surface area contributed by atoms with Crippen molar-refractivity contribution in [2.24, 2.45) is 7.05 Å². The highest BCUT2D eigenvalue weighted by Gasteiger charge is 2.46. The average Bonchev–Trinajstić information content (AvgIpc) is 2.21. The number of methoxy groups -OCH3 is 1. The molecule has 1 aromatic rings. The van der Waals surface area contributed by atoms with Crippen LogP contribution in [0.5, 0.6) is 0 Å². The molecule has 1 aliphatic carbocycles. The molecule has 0 radical (unpaired) electrons. The van der Waals surface area contributed by atoms with Gasteiger partial charge in [-0.3, -0.25) is 9.59 Å². The Labute approximate surface area is 93.8 Å². The molecule has 0 aromatic carbocycles. The molecule has 0 aliphatic heterocycles. The van der Waals surface area contributed by atoms with Crippen LogP contribution in [-0.4, -0.2) is 17.6 Å². The zero-order valence-corrected chi connectivity index (χ0v) is 9.53. The second-order valence-electron chi connectivity index (χ2n) is 4.29. The Morgan fingerprint density at radius 3 is 2.62 bits per heavy atom. The summed E-state index contributed by atoms with van der Waals surface area (Å²) in [5.41, 5.74) is 0.128. The Bertz CT molecular complexity index is 471. The molecule has 16 heavy (non-hydrogen) atoms. The summed E-state index contributed by atoms with van der Waals surface area (Å²) in [7, 11) is 3.08. The third-order valence-corrected chi connectivity index (χ3v) is 3.44. The van der Waals surface area contributed by atoms with Gasteiger partial charge in [0.15, 0.2) is 0 Å². The van der Waals surface area contributed by atoms with Crippen molar-refractivity contribution in [3.05, 3.63) is 34.2 Å². The van der Waals surface area contributed by atoms with Crippen LogP contribution in [0.25, 0.3) is 0 Å². The fourth-order valence-corrected chi connectivity index (χ4v) is 2.18. The van der Waals surface area contributed by atoms with E-state index in [-0.39, 0.29) is 11.5 Å².